The molecular formula is C24H51NO3. The van der Waals surface area contributed by atoms with Gasteiger partial charge >= 0.3 is 5.97 Å². The number of ether oxygens (including phenoxy) is 1. The third-order valence-corrected chi connectivity index (χ3v) is 4.86. The summed E-state index contributed by atoms with van der Waals surface area (Å²) in [6.07, 6.45) is 16.0. The zero-order valence-corrected chi connectivity index (χ0v) is 19.6. The minimum atomic E-state index is -0.0253. The molecule has 1 N–H and O–H groups in total. The molecule has 28 heavy (non-hydrogen) atoms. The molecular weight excluding hydrogens is 350 g/mol. The van der Waals surface area contributed by atoms with Crippen LogP contribution >= 0.6 is 0 Å². The highest BCUT2D eigenvalue weighted by molar-refractivity contribution is 5.69. The van der Waals surface area contributed by atoms with Gasteiger partial charge in [0.1, 0.15) is 0 Å². The first-order chi connectivity index (χ1) is 13.7. The molecule has 0 atom stereocenters. The summed E-state index contributed by atoms with van der Waals surface area (Å²) in [5, 5.41) is 9.18. The second-order valence-corrected chi connectivity index (χ2v) is 7.42. The van der Waals surface area contributed by atoms with Gasteiger partial charge in [-0.05, 0) is 38.8 Å². The van der Waals surface area contributed by atoms with Gasteiger partial charge < -0.3 is 14.7 Å². The average Bonchev–Trinajstić information content (AvgIpc) is 2.71. The molecule has 0 rings (SSSR count). The summed E-state index contributed by atoms with van der Waals surface area (Å²) in [5.41, 5.74) is 0. The molecule has 0 aliphatic carbocycles. The Bertz CT molecular complexity index is 298. The lowest BCUT2D eigenvalue weighted by Gasteiger charge is -2.21. The van der Waals surface area contributed by atoms with Crippen molar-refractivity contribution in [3.63, 3.8) is 0 Å². The Morgan fingerprint density at radius 3 is 1.79 bits per heavy atom. The Morgan fingerprint density at radius 2 is 1.21 bits per heavy atom. The maximum Gasteiger partial charge on any atom is 0.305 e. The maximum atomic E-state index is 11.6. The number of aliphatic hydroxyl groups is 1. The first kappa shape index (κ1) is 29.6. The molecule has 4 nitrogen and oxygen atoms in total. The number of nitrogens with zero attached hydrogens (tertiary/aromatic N) is 1. The van der Waals surface area contributed by atoms with Crippen LogP contribution < -0.4 is 0 Å². The average molecular weight is 402 g/mol. The summed E-state index contributed by atoms with van der Waals surface area (Å²) >= 11 is 0. The Morgan fingerprint density at radius 1 is 0.714 bits per heavy atom. The number of esters is 1. The van der Waals surface area contributed by atoms with Crippen LogP contribution in [-0.2, 0) is 9.53 Å². The minimum Gasteiger partial charge on any atom is -0.466 e. The molecule has 0 amide bonds. The fourth-order valence-corrected chi connectivity index (χ4v) is 3.16. The predicted molar refractivity (Wildman–Crippen MR) is 122 cm³/mol. The van der Waals surface area contributed by atoms with Crippen molar-refractivity contribution in [1.29, 1.82) is 0 Å². The van der Waals surface area contributed by atoms with Crippen LogP contribution in [0.25, 0.3) is 0 Å². The largest absolute Gasteiger partial charge is 0.466 e. The van der Waals surface area contributed by atoms with E-state index in [1.807, 2.05) is 13.8 Å². The van der Waals surface area contributed by atoms with Gasteiger partial charge in [0.25, 0.3) is 0 Å². The lowest BCUT2D eigenvalue weighted by Crippen LogP contribution is -2.29. The van der Waals surface area contributed by atoms with Crippen LogP contribution in [-0.4, -0.2) is 48.8 Å². The molecule has 0 aromatic carbocycles. The number of aliphatic hydroxyl groups excluding tert-OH is 1. The molecule has 0 aromatic rings. The second kappa shape index (κ2) is 26.4. The van der Waals surface area contributed by atoms with Gasteiger partial charge in [-0.3, -0.25) is 4.79 Å². The van der Waals surface area contributed by atoms with E-state index in [0.717, 1.165) is 45.3 Å². The molecule has 0 saturated heterocycles. The molecule has 0 unspecified atom stereocenters. The van der Waals surface area contributed by atoms with Gasteiger partial charge in [0.05, 0.1) is 13.2 Å². The molecule has 0 heterocycles. The summed E-state index contributed by atoms with van der Waals surface area (Å²) in [6.45, 7) is 12.3. The first-order valence-electron chi connectivity index (χ1n) is 12.2. The fourth-order valence-electron chi connectivity index (χ4n) is 3.16. The topological polar surface area (TPSA) is 49.8 Å². The highest BCUT2D eigenvalue weighted by Crippen LogP contribution is 2.09. The molecule has 0 aliphatic heterocycles. The number of carbonyl (C=O) groups is 1. The van der Waals surface area contributed by atoms with Crippen LogP contribution in [0.1, 0.15) is 118 Å². The third-order valence-electron chi connectivity index (χ3n) is 4.86. The van der Waals surface area contributed by atoms with Crippen LogP contribution in [0.4, 0.5) is 0 Å². The number of unbranched alkanes of at least 4 members (excludes halogenated alkanes) is 10. The molecule has 4 heteroatoms. The monoisotopic (exact) mass is 401 g/mol. The van der Waals surface area contributed by atoms with Crippen molar-refractivity contribution in [2.24, 2.45) is 0 Å². The normalized spacial score (nSPS) is 10.6. The van der Waals surface area contributed by atoms with Crippen LogP contribution in [0.15, 0.2) is 0 Å². The van der Waals surface area contributed by atoms with E-state index in [2.05, 4.69) is 18.7 Å². The summed E-state index contributed by atoms with van der Waals surface area (Å²) in [6, 6.07) is 0. The summed E-state index contributed by atoms with van der Waals surface area (Å²) < 4.78 is 5.26. The molecule has 0 saturated carbocycles. The third kappa shape index (κ3) is 23.4. The van der Waals surface area contributed by atoms with E-state index in [0.29, 0.717) is 13.0 Å². The van der Waals surface area contributed by atoms with E-state index in [4.69, 9.17) is 4.74 Å². The van der Waals surface area contributed by atoms with Gasteiger partial charge in [-0.15, -0.1) is 0 Å². The second-order valence-electron chi connectivity index (χ2n) is 7.42. The van der Waals surface area contributed by atoms with E-state index < -0.39 is 0 Å². The molecule has 0 fully saturated rings. The molecule has 170 valence electrons. The van der Waals surface area contributed by atoms with Crippen molar-refractivity contribution in [2.75, 3.05) is 32.8 Å². The van der Waals surface area contributed by atoms with Crippen LogP contribution in [0.3, 0.4) is 0 Å². The van der Waals surface area contributed by atoms with Crippen molar-refractivity contribution in [3.8, 4) is 0 Å². The van der Waals surface area contributed by atoms with Gasteiger partial charge in [-0.25, -0.2) is 0 Å². The Labute approximate surface area is 176 Å². The van der Waals surface area contributed by atoms with Crippen molar-refractivity contribution in [3.05, 3.63) is 0 Å². The van der Waals surface area contributed by atoms with E-state index in [1.54, 1.807) is 0 Å². The molecule has 0 spiro atoms. The number of carbonyl (C=O) groups excluding carboxylic acids is 1. The Kier molecular flexibility index (Phi) is 27.9. The Balaban J connectivity index is 0. The lowest BCUT2D eigenvalue weighted by atomic mass is 10.1. The summed E-state index contributed by atoms with van der Waals surface area (Å²) in [7, 11) is 0. The van der Waals surface area contributed by atoms with Crippen LogP contribution in [0, 0.1) is 0 Å². The van der Waals surface area contributed by atoms with Crippen molar-refractivity contribution < 1.29 is 14.6 Å². The van der Waals surface area contributed by atoms with Gasteiger partial charge in [-0.2, -0.15) is 0 Å². The lowest BCUT2D eigenvalue weighted by molar-refractivity contribution is -0.143. The van der Waals surface area contributed by atoms with Crippen molar-refractivity contribution >= 4 is 5.97 Å². The van der Waals surface area contributed by atoms with E-state index in [9.17, 15) is 9.90 Å². The highest BCUT2D eigenvalue weighted by Gasteiger charge is 2.05. The molecule has 0 aromatic heterocycles. The fraction of sp³-hybridized carbons (Fsp3) is 0.958. The number of hydrogen-bond donors (Lipinski definition) is 1. The minimum absolute atomic E-state index is 0.0253. The van der Waals surface area contributed by atoms with Gasteiger partial charge in [0.15, 0.2) is 0 Å². The van der Waals surface area contributed by atoms with Gasteiger partial charge in [-0.1, -0.05) is 85.5 Å². The van der Waals surface area contributed by atoms with E-state index in [1.165, 1.54) is 57.8 Å². The van der Waals surface area contributed by atoms with Crippen LogP contribution in [0.2, 0.25) is 0 Å². The highest BCUT2D eigenvalue weighted by atomic mass is 16.5. The Hall–Kier alpha value is -0.610. The predicted octanol–water partition coefficient (Wildman–Crippen LogP) is 6.35. The SMILES string of the molecule is CC.CCCCCCOC(=O)CCCCCCCN(CCO)CCCCCC. The van der Waals surface area contributed by atoms with Gasteiger partial charge in [0, 0.05) is 13.0 Å². The number of rotatable bonds is 20. The summed E-state index contributed by atoms with van der Waals surface area (Å²) in [5.74, 6) is -0.0253. The first-order valence-corrected chi connectivity index (χ1v) is 12.2. The van der Waals surface area contributed by atoms with E-state index >= 15 is 0 Å². The standard InChI is InChI=1S/C22H45NO3.C2H6/c1-3-5-7-13-17-23(19-20-24)18-14-11-9-10-12-16-22(25)26-21-15-8-6-4-2;1-2/h24H,3-21H2,1-2H3;1-2H3. The molecule has 0 bridgehead atoms. The zero-order chi connectivity index (χ0) is 21.3. The van der Waals surface area contributed by atoms with Gasteiger partial charge in [0.2, 0.25) is 0 Å². The van der Waals surface area contributed by atoms with E-state index in [-0.39, 0.29) is 12.6 Å². The van der Waals surface area contributed by atoms with Crippen molar-refractivity contribution in [1.82, 2.24) is 4.90 Å². The number of hydrogen-bond acceptors (Lipinski definition) is 4. The molecule has 0 aliphatic rings. The molecule has 0 radical (unpaired) electrons. The summed E-state index contributed by atoms with van der Waals surface area (Å²) in [4.78, 5) is 14.0. The zero-order valence-electron chi connectivity index (χ0n) is 19.6. The van der Waals surface area contributed by atoms with Crippen LogP contribution in [0.5, 0.6) is 0 Å². The maximum absolute atomic E-state index is 11.6. The smallest absolute Gasteiger partial charge is 0.305 e. The van der Waals surface area contributed by atoms with Crippen molar-refractivity contribution in [2.45, 2.75) is 118 Å². The quantitative estimate of drug-likeness (QED) is 0.191.